The normalized spacial score (nSPS) is 16.4. The van der Waals surface area contributed by atoms with Crippen LogP contribution in [0.1, 0.15) is 12.8 Å². The molecular weight excluding hydrogens is 139 g/mol. The van der Waals surface area contributed by atoms with Crippen LogP contribution >= 0.6 is 0 Å². The van der Waals surface area contributed by atoms with Crippen LogP contribution in [0.25, 0.3) is 0 Å². The average molecular weight is 152 g/mol. The quantitative estimate of drug-likeness (QED) is 0.571. The molecule has 11 heavy (non-hydrogen) atoms. The van der Waals surface area contributed by atoms with Crippen LogP contribution in [0.5, 0.6) is 0 Å². The van der Waals surface area contributed by atoms with Crippen molar-refractivity contribution in [1.29, 1.82) is 0 Å². The van der Waals surface area contributed by atoms with E-state index in [1.165, 1.54) is 0 Å². The van der Waals surface area contributed by atoms with Crippen LogP contribution in [0.4, 0.5) is 0 Å². The van der Waals surface area contributed by atoms with Gasteiger partial charge in [-0.1, -0.05) is 18.2 Å². The third-order valence-corrected chi connectivity index (χ3v) is 1.72. The first-order chi connectivity index (χ1) is 5.38. The second-order valence-electron chi connectivity index (χ2n) is 2.49. The highest BCUT2D eigenvalue weighted by Gasteiger charge is 2.19. The van der Waals surface area contributed by atoms with Gasteiger partial charge in [-0.25, -0.2) is 0 Å². The van der Waals surface area contributed by atoms with Gasteiger partial charge in [-0.05, 0) is 18.3 Å². The summed E-state index contributed by atoms with van der Waals surface area (Å²) in [6.45, 7) is 0. The predicted molar refractivity (Wildman–Crippen MR) is 46.2 cm³/mol. The van der Waals surface area contributed by atoms with Gasteiger partial charge in [-0.3, -0.25) is 0 Å². The maximum absolute atomic E-state index is 5.10. The molecular formula is C8H13BO2. The molecule has 0 aromatic heterocycles. The van der Waals surface area contributed by atoms with Gasteiger partial charge in [0.25, 0.3) is 0 Å². The fraction of sp³-hybridized carbons (Fsp3) is 0.500. The van der Waals surface area contributed by atoms with Crippen LogP contribution in [-0.2, 0) is 9.31 Å². The fourth-order valence-electron chi connectivity index (χ4n) is 1.18. The largest absolute Gasteiger partial charge is 0.493 e. The first-order valence-electron chi connectivity index (χ1n) is 3.80. The lowest BCUT2D eigenvalue weighted by atomic mass is 9.76. The summed E-state index contributed by atoms with van der Waals surface area (Å²) in [5.74, 6) is 0. The molecule has 2 nitrogen and oxygen atoms in total. The maximum atomic E-state index is 5.10. The highest BCUT2D eigenvalue weighted by Crippen LogP contribution is 2.12. The van der Waals surface area contributed by atoms with Crippen LogP contribution in [0.2, 0.25) is 0 Å². The molecule has 60 valence electrons. The zero-order chi connectivity index (χ0) is 8.10. The lowest BCUT2D eigenvalue weighted by Crippen LogP contribution is -2.22. The molecule has 0 aliphatic heterocycles. The highest BCUT2D eigenvalue weighted by molar-refractivity contribution is 6.54. The molecule has 0 bridgehead atoms. The second-order valence-corrected chi connectivity index (χ2v) is 2.49. The van der Waals surface area contributed by atoms with Gasteiger partial charge in [0.1, 0.15) is 0 Å². The van der Waals surface area contributed by atoms with E-state index in [0.29, 0.717) is 0 Å². The first-order valence-corrected chi connectivity index (χ1v) is 3.80. The third kappa shape index (κ3) is 2.21. The molecule has 0 radical (unpaired) electrons. The summed E-state index contributed by atoms with van der Waals surface area (Å²) >= 11 is 0. The standard InChI is InChI=1S/C8H13BO2/c1-10-9(11-2)8-6-4-3-5-7-8/h4,6-7H,3,5H2,1-2H3. The van der Waals surface area contributed by atoms with Gasteiger partial charge < -0.3 is 9.31 Å². The number of allylic oxidation sites excluding steroid dienone is 4. The predicted octanol–water partition coefficient (Wildman–Crippen LogP) is 1.58. The van der Waals surface area contributed by atoms with Crippen LogP contribution in [0.15, 0.2) is 23.7 Å². The van der Waals surface area contributed by atoms with Gasteiger partial charge in [0, 0.05) is 14.2 Å². The maximum Gasteiger partial charge on any atom is 0.493 e. The number of hydrogen-bond acceptors (Lipinski definition) is 2. The van der Waals surface area contributed by atoms with Crippen molar-refractivity contribution in [3.8, 4) is 0 Å². The highest BCUT2D eigenvalue weighted by atomic mass is 16.6. The minimum Gasteiger partial charge on any atom is -0.410 e. The summed E-state index contributed by atoms with van der Waals surface area (Å²) in [4.78, 5) is 0. The lowest BCUT2D eigenvalue weighted by molar-refractivity contribution is 0.288. The Balaban J connectivity index is 2.56. The zero-order valence-electron chi connectivity index (χ0n) is 7.04. The monoisotopic (exact) mass is 152 g/mol. The Morgan fingerprint density at radius 3 is 2.45 bits per heavy atom. The summed E-state index contributed by atoms with van der Waals surface area (Å²) in [7, 11) is 3.11. The first kappa shape index (κ1) is 8.56. The Morgan fingerprint density at radius 2 is 2.00 bits per heavy atom. The molecule has 0 spiro atoms. The summed E-state index contributed by atoms with van der Waals surface area (Å²) in [6, 6.07) is 0. The smallest absolute Gasteiger partial charge is 0.410 e. The summed E-state index contributed by atoms with van der Waals surface area (Å²) in [5, 5.41) is 0. The zero-order valence-corrected chi connectivity index (χ0v) is 7.04. The summed E-state index contributed by atoms with van der Waals surface area (Å²) in [5.41, 5.74) is 1.13. The van der Waals surface area contributed by atoms with Gasteiger partial charge >= 0.3 is 7.12 Å². The van der Waals surface area contributed by atoms with Crippen LogP contribution in [-0.4, -0.2) is 21.3 Å². The van der Waals surface area contributed by atoms with Crippen molar-refractivity contribution in [2.45, 2.75) is 12.8 Å². The van der Waals surface area contributed by atoms with Crippen molar-refractivity contribution in [2.75, 3.05) is 14.2 Å². The van der Waals surface area contributed by atoms with E-state index >= 15 is 0 Å². The molecule has 0 fully saturated rings. The topological polar surface area (TPSA) is 18.5 Å². The van der Waals surface area contributed by atoms with E-state index in [1.807, 2.05) is 0 Å². The summed E-state index contributed by atoms with van der Waals surface area (Å²) in [6.07, 6.45) is 8.57. The molecule has 0 unspecified atom stereocenters. The van der Waals surface area contributed by atoms with E-state index < -0.39 is 0 Å². The van der Waals surface area contributed by atoms with Crippen LogP contribution in [0.3, 0.4) is 0 Å². The van der Waals surface area contributed by atoms with E-state index in [2.05, 4.69) is 18.2 Å². The molecule has 1 aliphatic rings. The molecule has 0 amide bonds. The number of rotatable bonds is 3. The Hall–Kier alpha value is -0.535. The van der Waals surface area contributed by atoms with Crippen molar-refractivity contribution in [3.63, 3.8) is 0 Å². The van der Waals surface area contributed by atoms with E-state index in [9.17, 15) is 0 Å². The third-order valence-electron chi connectivity index (χ3n) is 1.72. The minimum atomic E-state index is -0.188. The molecule has 0 saturated carbocycles. The Morgan fingerprint density at radius 1 is 1.27 bits per heavy atom. The molecule has 0 aromatic rings. The SMILES string of the molecule is COB(OC)C1=CCCC=C1. The van der Waals surface area contributed by atoms with E-state index in [0.717, 1.165) is 18.3 Å². The molecule has 3 heteroatoms. The lowest BCUT2D eigenvalue weighted by Gasteiger charge is -2.11. The van der Waals surface area contributed by atoms with Crippen LogP contribution < -0.4 is 0 Å². The minimum absolute atomic E-state index is 0.188. The molecule has 0 heterocycles. The second kappa shape index (κ2) is 4.37. The summed E-state index contributed by atoms with van der Waals surface area (Å²) < 4.78 is 10.2. The van der Waals surface area contributed by atoms with Gasteiger partial charge in [-0.2, -0.15) is 0 Å². The fourth-order valence-corrected chi connectivity index (χ4v) is 1.18. The molecule has 0 aromatic carbocycles. The molecule has 1 aliphatic carbocycles. The average Bonchev–Trinajstić information content (AvgIpc) is 2.09. The molecule has 0 saturated heterocycles. The number of hydrogen-bond donors (Lipinski definition) is 0. The van der Waals surface area contributed by atoms with Gasteiger partial charge in [0.05, 0.1) is 0 Å². The molecule has 1 rings (SSSR count). The Labute approximate surface area is 68.0 Å². The van der Waals surface area contributed by atoms with Gasteiger partial charge in [0.2, 0.25) is 0 Å². The van der Waals surface area contributed by atoms with Gasteiger partial charge in [0.15, 0.2) is 0 Å². The Bertz CT molecular complexity index is 171. The van der Waals surface area contributed by atoms with Crippen molar-refractivity contribution in [2.24, 2.45) is 0 Å². The molecule has 0 N–H and O–H groups in total. The van der Waals surface area contributed by atoms with Crippen molar-refractivity contribution in [3.05, 3.63) is 23.7 Å². The molecule has 0 atom stereocenters. The van der Waals surface area contributed by atoms with E-state index in [4.69, 9.17) is 9.31 Å². The van der Waals surface area contributed by atoms with Crippen LogP contribution in [0, 0.1) is 0 Å². The van der Waals surface area contributed by atoms with Gasteiger partial charge in [-0.15, -0.1) is 0 Å². The van der Waals surface area contributed by atoms with Crippen molar-refractivity contribution < 1.29 is 9.31 Å². The van der Waals surface area contributed by atoms with Crippen molar-refractivity contribution >= 4 is 7.12 Å². The van der Waals surface area contributed by atoms with Crippen molar-refractivity contribution in [1.82, 2.24) is 0 Å². The van der Waals surface area contributed by atoms with E-state index in [1.54, 1.807) is 14.2 Å². The Kier molecular flexibility index (Phi) is 3.40. The van der Waals surface area contributed by atoms with E-state index in [-0.39, 0.29) is 7.12 Å².